The summed E-state index contributed by atoms with van der Waals surface area (Å²) < 4.78 is 5.32. The number of aryl methyl sites for hydroxylation is 1. The van der Waals surface area contributed by atoms with Crippen LogP contribution in [0.4, 0.5) is 0 Å². The Kier molecular flexibility index (Phi) is 3.09. The average molecular weight is 275 g/mol. The van der Waals surface area contributed by atoms with Crippen molar-refractivity contribution in [1.82, 2.24) is 10.1 Å². The third-order valence-corrected chi connectivity index (χ3v) is 6.07. The maximum absolute atomic E-state index is 6.35. The topological polar surface area (TPSA) is 64.9 Å². The highest BCUT2D eigenvalue weighted by Gasteiger charge is 2.48. The van der Waals surface area contributed by atoms with Crippen molar-refractivity contribution in [3.8, 4) is 0 Å². The van der Waals surface area contributed by atoms with Gasteiger partial charge >= 0.3 is 0 Å². The molecule has 5 rings (SSSR count). The summed E-state index contributed by atoms with van der Waals surface area (Å²) in [7, 11) is 0. The van der Waals surface area contributed by atoms with E-state index in [9.17, 15) is 0 Å². The van der Waals surface area contributed by atoms with Crippen LogP contribution in [-0.4, -0.2) is 10.1 Å². The lowest BCUT2D eigenvalue weighted by molar-refractivity contribution is -0.0429. The van der Waals surface area contributed by atoms with E-state index < -0.39 is 0 Å². The minimum absolute atomic E-state index is 0.0645. The highest BCUT2D eigenvalue weighted by Crippen LogP contribution is 2.58. The first-order valence-electron chi connectivity index (χ1n) is 8.31. The molecule has 0 radical (unpaired) electrons. The Morgan fingerprint density at radius 3 is 2.35 bits per heavy atom. The van der Waals surface area contributed by atoms with Gasteiger partial charge in [0.1, 0.15) is 0 Å². The second-order valence-corrected chi connectivity index (χ2v) is 7.34. The molecule has 4 bridgehead atoms. The molecule has 110 valence electrons. The van der Waals surface area contributed by atoms with Crippen LogP contribution in [0.5, 0.6) is 0 Å². The Morgan fingerprint density at radius 2 is 1.80 bits per heavy atom. The molecule has 4 heteroatoms. The molecule has 1 aromatic heterocycles. The zero-order valence-electron chi connectivity index (χ0n) is 12.3. The largest absolute Gasteiger partial charge is 0.338 e. The van der Waals surface area contributed by atoms with Gasteiger partial charge in [-0.25, -0.2) is 0 Å². The fourth-order valence-corrected chi connectivity index (χ4v) is 5.38. The molecule has 1 unspecified atom stereocenters. The Morgan fingerprint density at radius 1 is 1.15 bits per heavy atom. The van der Waals surface area contributed by atoms with Crippen molar-refractivity contribution >= 4 is 0 Å². The minimum atomic E-state index is -0.0645. The van der Waals surface area contributed by atoms with Crippen molar-refractivity contribution in [2.45, 2.75) is 57.9 Å². The maximum Gasteiger partial charge on any atom is 0.243 e. The van der Waals surface area contributed by atoms with Gasteiger partial charge in [0.05, 0.1) is 6.04 Å². The second-order valence-electron chi connectivity index (χ2n) is 7.34. The van der Waals surface area contributed by atoms with E-state index in [0.717, 1.165) is 48.3 Å². The van der Waals surface area contributed by atoms with Crippen LogP contribution < -0.4 is 5.73 Å². The molecule has 20 heavy (non-hydrogen) atoms. The van der Waals surface area contributed by atoms with Gasteiger partial charge in [0, 0.05) is 6.42 Å². The summed E-state index contributed by atoms with van der Waals surface area (Å²) in [6.07, 6.45) is 9.18. The molecule has 1 atom stereocenters. The Bertz CT molecular complexity index is 456. The van der Waals surface area contributed by atoms with Gasteiger partial charge in [-0.3, -0.25) is 0 Å². The molecule has 0 saturated heterocycles. The SMILES string of the molecule is CCc1noc(C(N)CC2C3CC4CC(C3)CC2C4)n1. The first-order valence-corrected chi connectivity index (χ1v) is 8.31. The molecule has 0 aromatic carbocycles. The Hall–Kier alpha value is -0.900. The predicted octanol–water partition coefficient (Wildman–Crippen LogP) is 3.09. The normalized spacial score (nSPS) is 40.2. The van der Waals surface area contributed by atoms with E-state index in [1.807, 2.05) is 6.92 Å². The van der Waals surface area contributed by atoms with Gasteiger partial charge in [-0.15, -0.1) is 0 Å². The van der Waals surface area contributed by atoms with Crippen LogP contribution in [0.15, 0.2) is 4.52 Å². The lowest BCUT2D eigenvalue weighted by Crippen LogP contribution is -2.45. The van der Waals surface area contributed by atoms with Crippen LogP contribution in [0, 0.1) is 29.6 Å². The van der Waals surface area contributed by atoms with Gasteiger partial charge in [-0.2, -0.15) is 4.98 Å². The lowest BCUT2D eigenvalue weighted by atomic mass is 9.51. The summed E-state index contributed by atoms with van der Waals surface area (Å²) >= 11 is 0. The van der Waals surface area contributed by atoms with Crippen LogP contribution in [0.2, 0.25) is 0 Å². The molecule has 4 fully saturated rings. The Balaban J connectivity index is 1.46. The fraction of sp³-hybridized carbons (Fsp3) is 0.875. The van der Waals surface area contributed by atoms with Gasteiger partial charge in [0.15, 0.2) is 5.82 Å². The van der Waals surface area contributed by atoms with Crippen molar-refractivity contribution in [1.29, 1.82) is 0 Å². The van der Waals surface area contributed by atoms with Crippen LogP contribution in [0.25, 0.3) is 0 Å². The summed E-state index contributed by atoms with van der Waals surface area (Å²) in [6, 6.07) is -0.0645. The van der Waals surface area contributed by atoms with Crippen molar-refractivity contribution < 1.29 is 4.52 Å². The molecule has 1 aromatic rings. The first-order chi connectivity index (χ1) is 9.72. The molecule has 4 aliphatic rings. The summed E-state index contributed by atoms with van der Waals surface area (Å²) in [5, 5.41) is 3.97. The van der Waals surface area contributed by atoms with Gasteiger partial charge in [0.25, 0.3) is 0 Å². The van der Waals surface area contributed by atoms with E-state index >= 15 is 0 Å². The van der Waals surface area contributed by atoms with Crippen LogP contribution in [-0.2, 0) is 6.42 Å². The van der Waals surface area contributed by atoms with Crippen molar-refractivity contribution in [2.24, 2.45) is 35.3 Å². The highest BCUT2D eigenvalue weighted by atomic mass is 16.5. The number of rotatable bonds is 4. The summed E-state index contributed by atoms with van der Waals surface area (Å²) in [5.41, 5.74) is 6.35. The summed E-state index contributed by atoms with van der Waals surface area (Å²) in [6.45, 7) is 2.04. The number of nitrogens with zero attached hydrogens (tertiary/aromatic N) is 2. The van der Waals surface area contributed by atoms with Crippen LogP contribution in [0.3, 0.4) is 0 Å². The van der Waals surface area contributed by atoms with E-state index in [1.54, 1.807) is 0 Å². The maximum atomic E-state index is 6.35. The lowest BCUT2D eigenvalue weighted by Gasteiger charge is -2.55. The molecule has 0 spiro atoms. The molecule has 0 aliphatic heterocycles. The van der Waals surface area contributed by atoms with E-state index in [0.29, 0.717) is 5.89 Å². The van der Waals surface area contributed by atoms with Gasteiger partial charge in [-0.05, 0) is 68.1 Å². The molecule has 4 nitrogen and oxygen atoms in total. The standard InChI is InChI=1S/C16H25N3O/c1-2-15-18-16(20-19-15)14(17)8-13-11-4-9-3-10(6-11)7-12(13)5-9/h9-14H,2-8,17H2,1H3. The van der Waals surface area contributed by atoms with E-state index in [-0.39, 0.29) is 6.04 Å². The number of hydrogen-bond acceptors (Lipinski definition) is 4. The van der Waals surface area contributed by atoms with E-state index in [1.165, 1.54) is 32.1 Å². The van der Waals surface area contributed by atoms with Crippen molar-refractivity contribution in [2.75, 3.05) is 0 Å². The average Bonchev–Trinajstić information content (AvgIpc) is 2.91. The molecular formula is C16H25N3O. The first kappa shape index (κ1) is 12.8. The van der Waals surface area contributed by atoms with Gasteiger partial charge in [0.2, 0.25) is 5.89 Å². The number of nitrogens with two attached hydrogens (primary N) is 1. The molecule has 0 amide bonds. The summed E-state index contributed by atoms with van der Waals surface area (Å²) in [4.78, 5) is 4.41. The van der Waals surface area contributed by atoms with Crippen molar-refractivity contribution in [3.05, 3.63) is 11.7 Å². The fourth-order valence-electron chi connectivity index (χ4n) is 5.38. The van der Waals surface area contributed by atoms with E-state index in [2.05, 4.69) is 10.1 Å². The van der Waals surface area contributed by atoms with E-state index in [4.69, 9.17) is 10.3 Å². The zero-order chi connectivity index (χ0) is 13.7. The monoisotopic (exact) mass is 275 g/mol. The van der Waals surface area contributed by atoms with Crippen LogP contribution in [0.1, 0.15) is 63.2 Å². The van der Waals surface area contributed by atoms with Gasteiger partial charge < -0.3 is 10.3 Å². The minimum Gasteiger partial charge on any atom is -0.338 e. The smallest absolute Gasteiger partial charge is 0.243 e. The zero-order valence-corrected chi connectivity index (χ0v) is 12.3. The molecule has 2 N–H and O–H groups in total. The summed E-state index contributed by atoms with van der Waals surface area (Å²) in [5.74, 6) is 6.13. The molecule has 4 aliphatic carbocycles. The number of aromatic nitrogens is 2. The molecular weight excluding hydrogens is 250 g/mol. The predicted molar refractivity (Wildman–Crippen MR) is 75.8 cm³/mol. The van der Waals surface area contributed by atoms with Gasteiger partial charge in [-0.1, -0.05) is 12.1 Å². The quantitative estimate of drug-likeness (QED) is 0.917. The van der Waals surface area contributed by atoms with Crippen LogP contribution >= 0.6 is 0 Å². The van der Waals surface area contributed by atoms with Crippen molar-refractivity contribution in [3.63, 3.8) is 0 Å². The molecule has 1 heterocycles. The third kappa shape index (κ3) is 2.09. The molecule has 4 saturated carbocycles. The Labute approximate surface area is 120 Å². The third-order valence-electron chi connectivity index (χ3n) is 6.07. The highest BCUT2D eigenvalue weighted by molar-refractivity contribution is 5.01. The second kappa shape index (κ2) is 4.83. The number of hydrogen-bond donors (Lipinski definition) is 1.